The van der Waals surface area contributed by atoms with Gasteiger partial charge in [-0.2, -0.15) is 0 Å². The number of rotatable bonds is 8. The predicted molar refractivity (Wildman–Crippen MR) is 141 cm³/mol. The monoisotopic (exact) mass is 571 g/mol. The summed E-state index contributed by atoms with van der Waals surface area (Å²) < 4.78 is 29.7. The van der Waals surface area contributed by atoms with Crippen LogP contribution in [0.15, 0.2) is 52.4 Å². The number of aryl methyl sites for hydroxylation is 2. The van der Waals surface area contributed by atoms with Crippen molar-refractivity contribution in [1.29, 1.82) is 0 Å². The van der Waals surface area contributed by atoms with Gasteiger partial charge in [0.15, 0.2) is 15.8 Å². The maximum atomic E-state index is 11.8. The van der Waals surface area contributed by atoms with Gasteiger partial charge < -0.3 is 15.4 Å². The normalized spacial score (nSPS) is 16.1. The highest BCUT2D eigenvalue weighted by molar-refractivity contribution is 14.0. The fourth-order valence-electron chi connectivity index (χ4n) is 4.03. The van der Waals surface area contributed by atoms with Crippen LogP contribution in [0.3, 0.4) is 0 Å². The van der Waals surface area contributed by atoms with Gasteiger partial charge >= 0.3 is 0 Å². The van der Waals surface area contributed by atoms with E-state index in [4.69, 9.17) is 4.74 Å². The molecule has 3 rings (SSSR count). The number of benzene rings is 2. The van der Waals surface area contributed by atoms with Crippen molar-refractivity contribution in [3.8, 4) is 0 Å². The minimum absolute atomic E-state index is 0. The van der Waals surface area contributed by atoms with E-state index >= 15 is 0 Å². The molecule has 1 aliphatic rings. The second-order valence-corrected chi connectivity index (χ2v) is 10.0. The summed E-state index contributed by atoms with van der Waals surface area (Å²) in [6.45, 7) is 3.85. The number of halogens is 1. The summed E-state index contributed by atoms with van der Waals surface area (Å²) >= 11 is 0. The third-order valence-corrected chi connectivity index (χ3v) is 6.83. The highest BCUT2D eigenvalue weighted by atomic mass is 127. The molecule has 1 aliphatic carbocycles. The SMILES string of the molecule is CN=C(NCCCOC1CCCc2ccccc21)NCc1ccc(S(C)(=O)=O)c(C)c1.I. The van der Waals surface area contributed by atoms with Gasteiger partial charge in [0.1, 0.15) is 0 Å². The summed E-state index contributed by atoms with van der Waals surface area (Å²) in [4.78, 5) is 4.63. The topological polar surface area (TPSA) is 79.8 Å². The number of aliphatic imine (C=N–C) groups is 1. The molecule has 0 fully saturated rings. The van der Waals surface area contributed by atoms with E-state index < -0.39 is 9.84 Å². The van der Waals surface area contributed by atoms with Crippen LogP contribution in [0.25, 0.3) is 0 Å². The van der Waals surface area contributed by atoms with Gasteiger partial charge in [-0.3, -0.25) is 4.99 Å². The zero-order valence-electron chi connectivity index (χ0n) is 19.1. The van der Waals surface area contributed by atoms with Crippen molar-refractivity contribution in [2.75, 3.05) is 26.5 Å². The van der Waals surface area contributed by atoms with Crippen molar-refractivity contribution in [1.82, 2.24) is 10.6 Å². The standard InChI is InChI=1S/C24H33N3O3S.HI/c1-18-16-19(12-13-23(18)31(3,28)29)17-27-24(25-2)26-14-7-15-30-22-11-6-9-20-8-4-5-10-21(20)22;/h4-5,8,10,12-13,16,22H,6-7,9,11,14-15,17H2,1-3H3,(H2,25,26,27);1H. The molecule has 6 nitrogen and oxygen atoms in total. The largest absolute Gasteiger partial charge is 0.373 e. The van der Waals surface area contributed by atoms with E-state index in [0.29, 0.717) is 24.0 Å². The molecule has 0 aliphatic heterocycles. The van der Waals surface area contributed by atoms with Crippen molar-refractivity contribution in [2.24, 2.45) is 4.99 Å². The fraction of sp³-hybridized carbons (Fsp3) is 0.458. The van der Waals surface area contributed by atoms with Crippen molar-refractivity contribution < 1.29 is 13.2 Å². The van der Waals surface area contributed by atoms with Gasteiger partial charge in [0.25, 0.3) is 0 Å². The molecule has 0 amide bonds. The molecule has 32 heavy (non-hydrogen) atoms. The molecule has 8 heteroatoms. The van der Waals surface area contributed by atoms with Crippen LogP contribution in [0.5, 0.6) is 0 Å². The van der Waals surface area contributed by atoms with Gasteiger partial charge in [0.05, 0.1) is 11.0 Å². The maximum Gasteiger partial charge on any atom is 0.191 e. The van der Waals surface area contributed by atoms with Crippen LogP contribution in [0.1, 0.15) is 47.6 Å². The number of fused-ring (bicyclic) bond motifs is 1. The molecular weight excluding hydrogens is 537 g/mol. The number of hydrogen-bond donors (Lipinski definition) is 2. The Morgan fingerprint density at radius 1 is 1.19 bits per heavy atom. The molecule has 0 spiro atoms. The minimum atomic E-state index is -3.20. The Morgan fingerprint density at radius 3 is 2.69 bits per heavy atom. The van der Waals surface area contributed by atoms with E-state index in [2.05, 4.69) is 39.9 Å². The molecule has 2 N–H and O–H groups in total. The van der Waals surface area contributed by atoms with Crippen LogP contribution in [0.2, 0.25) is 0 Å². The first-order valence-electron chi connectivity index (χ1n) is 10.8. The third kappa shape index (κ3) is 7.45. The summed E-state index contributed by atoms with van der Waals surface area (Å²) in [7, 11) is -1.46. The first-order chi connectivity index (χ1) is 14.9. The first-order valence-corrected chi connectivity index (χ1v) is 12.7. The number of ether oxygens (including phenoxy) is 1. The van der Waals surface area contributed by atoms with E-state index in [1.165, 1.54) is 23.8 Å². The Bertz CT molecular complexity index is 1020. The van der Waals surface area contributed by atoms with Crippen LogP contribution in [-0.4, -0.2) is 40.8 Å². The number of sulfone groups is 1. The molecule has 0 radical (unpaired) electrons. The maximum absolute atomic E-state index is 11.8. The van der Waals surface area contributed by atoms with Crippen LogP contribution in [0.4, 0.5) is 0 Å². The number of guanidine groups is 1. The van der Waals surface area contributed by atoms with Gasteiger partial charge in [-0.15, -0.1) is 24.0 Å². The van der Waals surface area contributed by atoms with Crippen molar-refractivity contribution in [3.05, 3.63) is 64.7 Å². The lowest BCUT2D eigenvalue weighted by Crippen LogP contribution is -2.37. The number of hydrogen-bond acceptors (Lipinski definition) is 4. The van der Waals surface area contributed by atoms with E-state index in [1.807, 2.05) is 19.1 Å². The number of nitrogens with one attached hydrogen (secondary N) is 2. The molecule has 2 aromatic carbocycles. The molecule has 1 atom stereocenters. The Labute approximate surface area is 209 Å². The second-order valence-electron chi connectivity index (χ2n) is 8.03. The molecule has 0 heterocycles. The summed E-state index contributed by atoms with van der Waals surface area (Å²) in [5.41, 5.74) is 4.52. The second kappa shape index (κ2) is 12.6. The van der Waals surface area contributed by atoms with Gasteiger partial charge in [-0.05, 0) is 60.9 Å². The van der Waals surface area contributed by atoms with Gasteiger partial charge in [-0.25, -0.2) is 8.42 Å². The Kier molecular flexibility index (Phi) is 10.4. The van der Waals surface area contributed by atoms with Crippen molar-refractivity contribution >= 4 is 39.8 Å². The average molecular weight is 572 g/mol. The first kappa shape index (κ1) is 26.6. The van der Waals surface area contributed by atoms with E-state index in [0.717, 1.165) is 36.9 Å². The predicted octanol–water partition coefficient (Wildman–Crippen LogP) is 4.17. The van der Waals surface area contributed by atoms with E-state index in [-0.39, 0.29) is 30.1 Å². The third-order valence-electron chi connectivity index (χ3n) is 5.57. The van der Waals surface area contributed by atoms with Gasteiger partial charge in [0.2, 0.25) is 0 Å². The van der Waals surface area contributed by atoms with E-state index in [1.54, 1.807) is 13.1 Å². The molecule has 0 bridgehead atoms. The zero-order valence-corrected chi connectivity index (χ0v) is 22.2. The lowest BCUT2D eigenvalue weighted by Gasteiger charge is -2.25. The average Bonchev–Trinajstić information content (AvgIpc) is 2.75. The van der Waals surface area contributed by atoms with Crippen molar-refractivity contribution in [3.63, 3.8) is 0 Å². The van der Waals surface area contributed by atoms with Crippen LogP contribution in [-0.2, 0) is 27.5 Å². The van der Waals surface area contributed by atoms with Crippen LogP contribution in [0, 0.1) is 6.92 Å². The van der Waals surface area contributed by atoms with Gasteiger partial charge in [-0.1, -0.05) is 36.4 Å². The molecule has 1 unspecified atom stereocenters. The fourth-order valence-corrected chi connectivity index (χ4v) is 4.99. The highest BCUT2D eigenvalue weighted by Gasteiger charge is 2.19. The van der Waals surface area contributed by atoms with Crippen molar-refractivity contribution in [2.45, 2.75) is 50.2 Å². The summed E-state index contributed by atoms with van der Waals surface area (Å²) in [5, 5.41) is 6.58. The Hall–Kier alpha value is -1.65. The summed E-state index contributed by atoms with van der Waals surface area (Å²) in [6, 6.07) is 14.0. The lowest BCUT2D eigenvalue weighted by molar-refractivity contribution is 0.0398. The molecular formula is C24H34IN3O3S. The molecule has 2 aromatic rings. The molecule has 0 saturated carbocycles. The summed E-state index contributed by atoms with van der Waals surface area (Å²) in [6.07, 6.45) is 5.75. The quantitative estimate of drug-likeness (QED) is 0.215. The lowest BCUT2D eigenvalue weighted by atomic mass is 9.89. The van der Waals surface area contributed by atoms with E-state index in [9.17, 15) is 8.42 Å². The molecule has 0 saturated heterocycles. The Balaban J connectivity index is 0.00000363. The smallest absolute Gasteiger partial charge is 0.191 e. The van der Waals surface area contributed by atoms with Crippen LogP contribution < -0.4 is 10.6 Å². The highest BCUT2D eigenvalue weighted by Crippen LogP contribution is 2.32. The van der Waals surface area contributed by atoms with Gasteiger partial charge in [0, 0.05) is 33.0 Å². The van der Waals surface area contributed by atoms with Crippen LogP contribution >= 0.6 is 24.0 Å². The zero-order chi connectivity index (χ0) is 22.3. The Morgan fingerprint density at radius 2 is 1.97 bits per heavy atom. The molecule has 0 aromatic heterocycles. The molecule has 176 valence electrons. The number of nitrogens with zero attached hydrogens (tertiary/aromatic N) is 1. The summed E-state index contributed by atoms with van der Waals surface area (Å²) in [5.74, 6) is 0.716. The minimum Gasteiger partial charge on any atom is -0.373 e.